The number of amides is 1. The first-order chi connectivity index (χ1) is 7.75. The predicted molar refractivity (Wildman–Crippen MR) is 64.3 cm³/mol. The molecule has 0 aliphatic carbocycles. The van der Waals surface area contributed by atoms with Crippen molar-refractivity contribution in [2.45, 2.75) is 25.8 Å². The van der Waals surface area contributed by atoms with E-state index < -0.39 is 0 Å². The molecule has 0 radical (unpaired) electrons. The zero-order valence-electron chi connectivity index (χ0n) is 10.1. The molecule has 1 unspecified atom stereocenters. The van der Waals surface area contributed by atoms with Crippen LogP contribution in [0.25, 0.3) is 0 Å². The molecule has 16 heavy (non-hydrogen) atoms. The number of ether oxygens (including phenoxy) is 1. The summed E-state index contributed by atoms with van der Waals surface area (Å²) in [4.78, 5) is 13.8. The van der Waals surface area contributed by atoms with E-state index in [9.17, 15) is 4.79 Å². The van der Waals surface area contributed by atoms with Crippen LogP contribution >= 0.6 is 0 Å². The van der Waals surface area contributed by atoms with E-state index in [1.165, 1.54) is 0 Å². The average Bonchev–Trinajstić information content (AvgIpc) is 2.29. The van der Waals surface area contributed by atoms with Gasteiger partial charge in [0.2, 0.25) is 5.91 Å². The van der Waals surface area contributed by atoms with Gasteiger partial charge in [0.25, 0.3) is 0 Å². The Morgan fingerprint density at radius 1 is 1.69 bits per heavy atom. The lowest BCUT2D eigenvalue weighted by Crippen LogP contribution is -2.52. The summed E-state index contributed by atoms with van der Waals surface area (Å²) in [5, 5.41) is 3.27. The molecule has 1 saturated heterocycles. The molecule has 1 heterocycles. The zero-order valence-corrected chi connectivity index (χ0v) is 10.1. The van der Waals surface area contributed by atoms with Gasteiger partial charge >= 0.3 is 0 Å². The molecule has 4 heteroatoms. The number of piperazine rings is 1. The smallest absolute Gasteiger partial charge is 0.222 e. The highest BCUT2D eigenvalue weighted by molar-refractivity contribution is 5.76. The third kappa shape index (κ3) is 4.33. The van der Waals surface area contributed by atoms with Crippen LogP contribution in [-0.4, -0.2) is 49.7 Å². The van der Waals surface area contributed by atoms with Crippen molar-refractivity contribution < 1.29 is 9.53 Å². The van der Waals surface area contributed by atoms with Gasteiger partial charge in [-0.25, -0.2) is 0 Å². The van der Waals surface area contributed by atoms with E-state index in [-0.39, 0.29) is 5.91 Å². The fourth-order valence-corrected chi connectivity index (χ4v) is 1.85. The minimum absolute atomic E-state index is 0.246. The standard InChI is InChI=1S/C12H22N2O2/c1-3-8-16-9-4-5-12(15)14-7-6-13-10-11(14)2/h3,11,13H,1,4-10H2,2H3. The van der Waals surface area contributed by atoms with E-state index in [1.807, 2.05) is 4.90 Å². The normalized spacial score (nSPS) is 20.8. The van der Waals surface area contributed by atoms with Crippen molar-refractivity contribution in [2.75, 3.05) is 32.8 Å². The summed E-state index contributed by atoms with van der Waals surface area (Å²) in [5.74, 6) is 0.246. The Bertz CT molecular complexity index is 231. The topological polar surface area (TPSA) is 41.6 Å². The number of carbonyl (C=O) groups excluding carboxylic acids is 1. The number of nitrogens with zero attached hydrogens (tertiary/aromatic N) is 1. The summed E-state index contributed by atoms with van der Waals surface area (Å²) in [6.07, 6.45) is 3.10. The molecule has 1 N–H and O–H groups in total. The van der Waals surface area contributed by atoms with Crippen LogP contribution in [-0.2, 0) is 9.53 Å². The van der Waals surface area contributed by atoms with Crippen LogP contribution < -0.4 is 5.32 Å². The molecule has 1 aliphatic heterocycles. The highest BCUT2D eigenvalue weighted by atomic mass is 16.5. The Morgan fingerprint density at radius 2 is 2.50 bits per heavy atom. The van der Waals surface area contributed by atoms with Gasteiger partial charge in [0.1, 0.15) is 0 Å². The minimum atomic E-state index is 0.246. The number of rotatable bonds is 6. The maximum absolute atomic E-state index is 11.9. The molecule has 1 atom stereocenters. The number of carbonyl (C=O) groups is 1. The van der Waals surface area contributed by atoms with Crippen LogP contribution in [0, 0.1) is 0 Å². The molecular formula is C12H22N2O2. The molecule has 1 amide bonds. The van der Waals surface area contributed by atoms with E-state index >= 15 is 0 Å². The Balaban J connectivity index is 2.15. The Hall–Kier alpha value is -0.870. The first-order valence-electron chi connectivity index (χ1n) is 5.94. The van der Waals surface area contributed by atoms with Crippen molar-refractivity contribution in [1.82, 2.24) is 10.2 Å². The lowest BCUT2D eigenvalue weighted by atomic mass is 10.2. The van der Waals surface area contributed by atoms with Crippen molar-refractivity contribution in [1.29, 1.82) is 0 Å². The predicted octanol–water partition coefficient (Wildman–Crippen LogP) is 0.789. The minimum Gasteiger partial charge on any atom is -0.377 e. The molecule has 0 bridgehead atoms. The van der Waals surface area contributed by atoms with Crippen LogP contribution in [0.4, 0.5) is 0 Å². The second kappa shape index (κ2) is 7.41. The van der Waals surface area contributed by atoms with Gasteiger partial charge in [-0.2, -0.15) is 0 Å². The molecule has 0 aromatic carbocycles. The van der Waals surface area contributed by atoms with Gasteiger partial charge in [0, 0.05) is 38.7 Å². The molecular weight excluding hydrogens is 204 g/mol. The fraction of sp³-hybridized carbons (Fsp3) is 0.750. The summed E-state index contributed by atoms with van der Waals surface area (Å²) in [7, 11) is 0. The molecule has 1 aliphatic rings. The monoisotopic (exact) mass is 226 g/mol. The van der Waals surface area contributed by atoms with E-state index in [0.717, 1.165) is 26.1 Å². The maximum atomic E-state index is 11.9. The van der Waals surface area contributed by atoms with Crippen LogP contribution in [0.2, 0.25) is 0 Å². The third-order valence-corrected chi connectivity index (χ3v) is 2.74. The largest absolute Gasteiger partial charge is 0.377 e. The Labute approximate surface area is 97.6 Å². The summed E-state index contributed by atoms with van der Waals surface area (Å²) < 4.78 is 5.25. The van der Waals surface area contributed by atoms with E-state index in [2.05, 4.69) is 18.8 Å². The SMILES string of the molecule is C=CCOCCCC(=O)N1CCNCC1C. The van der Waals surface area contributed by atoms with Crippen LogP contribution in [0.5, 0.6) is 0 Å². The Morgan fingerprint density at radius 3 is 3.19 bits per heavy atom. The number of hydrogen-bond acceptors (Lipinski definition) is 3. The van der Waals surface area contributed by atoms with Gasteiger partial charge in [-0.15, -0.1) is 6.58 Å². The van der Waals surface area contributed by atoms with Crippen LogP contribution in [0.15, 0.2) is 12.7 Å². The number of hydrogen-bond donors (Lipinski definition) is 1. The summed E-state index contributed by atoms with van der Waals surface area (Å²) in [6, 6.07) is 0.315. The van der Waals surface area contributed by atoms with Gasteiger partial charge in [-0.3, -0.25) is 4.79 Å². The molecule has 0 spiro atoms. The first kappa shape index (κ1) is 13.2. The highest BCUT2D eigenvalue weighted by Crippen LogP contribution is 2.06. The second-order valence-electron chi connectivity index (χ2n) is 4.11. The second-order valence-corrected chi connectivity index (χ2v) is 4.11. The molecule has 0 aromatic heterocycles. The van der Waals surface area contributed by atoms with E-state index in [1.54, 1.807) is 6.08 Å². The van der Waals surface area contributed by atoms with Crippen molar-refractivity contribution in [3.63, 3.8) is 0 Å². The fourth-order valence-electron chi connectivity index (χ4n) is 1.85. The van der Waals surface area contributed by atoms with Gasteiger partial charge in [-0.1, -0.05) is 6.08 Å². The quantitative estimate of drug-likeness (QED) is 0.538. The van der Waals surface area contributed by atoms with Crippen molar-refractivity contribution in [3.8, 4) is 0 Å². The molecule has 0 aromatic rings. The molecule has 1 rings (SSSR count). The summed E-state index contributed by atoms with van der Waals surface area (Å²) in [6.45, 7) is 9.49. The lowest BCUT2D eigenvalue weighted by Gasteiger charge is -2.34. The van der Waals surface area contributed by atoms with Crippen molar-refractivity contribution >= 4 is 5.91 Å². The Kier molecular flexibility index (Phi) is 6.11. The average molecular weight is 226 g/mol. The van der Waals surface area contributed by atoms with E-state index in [4.69, 9.17) is 4.74 Å². The van der Waals surface area contributed by atoms with Crippen molar-refractivity contribution in [2.24, 2.45) is 0 Å². The first-order valence-corrected chi connectivity index (χ1v) is 5.94. The van der Waals surface area contributed by atoms with E-state index in [0.29, 0.717) is 25.7 Å². The third-order valence-electron chi connectivity index (χ3n) is 2.74. The summed E-state index contributed by atoms with van der Waals surface area (Å²) >= 11 is 0. The van der Waals surface area contributed by atoms with Crippen LogP contribution in [0.1, 0.15) is 19.8 Å². The number of nitrogens with one attached hydrogen (secondary N) is 1. The van der Waals surface area contributed by atoms with Gasteiger partial charge in [-0.05, 0) is 13.3 Å². The molecule has 92 valence electrons. The van der Waals surface area contributed by atoms with Crippen LogP contribution in [0.3, 0.4) is 0 Å². The summed E-state index contributed by atoms with van der Waals surface area (Å²) in [5.41, 5.74) is 0. The maximum Gasteiger partial charge on any atom is 0.222 e. The van der Waals surface area contributed by atoms with Crippen molar-refractivity contribution in [3.05, 3.63) is 12.7 Å². The van der Waals surface area contributed by atoms with Gasteiger partial charge in [0.05, 0.1) is 6.61 Å². The van der Waals surface area contributed by atoms with Gasteiger partial charge in [0.15, 0.2) is 0 Å². The molecule has 1 fully saturated rings. The molecule has 4 nitrogen and oxygen atoms in total. The lowest BCUT2D eigenvalue weighted by molar-refractivity contribution is -0.134. The zero-order chi connectivity index (χ0) is 11.8. The highest BCUT2D eigenvalue weighted by Gasteiger charge is 2.21. The molecule has 0 saturated carbocycles. The van der Waals surface area contributed by atoms with Gasteiger partial charge < -0.3 is 15.0 Å².